The van der Waals surface area contributed by atoms with Gasteiger partial charge in [-0.1, -0.05) is 12.1 Å². The van der Waals surface area contributed by atoms with Crippen molar-refractivity contribution in [1.82, 2.24) is 20.2 Å². The van der Waals surface area contributed by atoms with Crippen LogP contribution < -0.4 is 5.32 Å². The number of ether oxygens (including phenoxy) is 1. The van der Waals surface area contributed by atoms with Gasteiger partial charge >= 0.3 is 6.09 Å². The number of aromatic amines is 1. The van der Waals surface area contributed by atoms with Crippen molar-refractivity contribution in [3.8, 4) is 27.2 Å². The Hall–Kier alpha value is -3.34. The Morgan fingerprint density at radius 2 is 2.06 bits per heavy atom. The lowest BCUT2D eigenvalue weighted by Crippen LogP contribution is -2.11. The molecule has 0 saturated carbocycles. The number of rotatable bonds is 5. The van der Waals surface area contributed by atoms with Crippen molar-refractivity contribution in [3.05, 3.63) is 69.2 Å². The van der Waals surface area contributed by atoms with E-state index in [1.165, 1.54) is 31.0 Å². The number of pyridine rings is 1. The number of amides is 1. The summed E-state index contributed by atoms with van der Waals surface area (Å²) in [6.07, 6.45) is 1.18. The number of aliphatic hydroxyl groups is 1. The van der Waals surface area contributed by atoms with Crippen LogP contribution in [-0.2, 0) is 4.74 Å². The monoisotopic (exact) mass is 558 g/mol. The van der Waals surface area contributed by atoms with Crippen molar-refractivity contribution in [3.63, 3.8) is 0 Å². The number of hydrogen-bond donors (Lipinski definition) is 3. The Morgan fingerprint density at radius 3 is 2.72 bits per heavy atom. The van der Waals surface area contributed by atoms with Crippen molar-refractivity contribution in [2.45, 2.75) is 6.10 Å². The molecule has 32 heavy (non-hydrogen) atoms. The highest BCUT2D eigenvalue weighted by molar-refractivity contribution is 14.1. The lowest BCUT2D eigenvalue weighted by Gasteiger charge is -2.13. The van der Waals surface area contributed by atoms with Gasteiger partial charge in [-0.25, -0.2) is 14.8 Å². The van der Waals surface area contributed by atoms with Gasteiger partial charge in [0.2, 0.25) is 0 Å². The fourth-order valence-corrected chi connectivity index (χ4v) is 4.70. The molecule has 0 bridgehead atoms. The minimum Gasteiger partial charge on any atom is -0.453 e. The molecule has 0 aliphatic heterocycles. The predicted octanol–water partition coefficient (Wildman–Crippen LogP) is 4.33. The van der Waals surface area contributed by atoms with E-state index in [0.29, 0.717) is 37.8 Å². The van der Waals surface area contributed by atoms with Crippen LogP contribution in [0.15, 0.2) is 48.9 Å². The van der Waals surface area contributed by atoms with E-state index in [9.17, 15) is 15.2 Å². The van der Waals surface area contributed by atoms with Crippen LogP contribution in [0, 0.1) is 14.9 Å². The summed E-state index contributed by atoms with van der Waals surface area (Å²) in [7, 11) is 1.26. The van der Waals surface area contributed by atoms with Crippen molar-refractivity contribution in [1.29, 1.82) is 5.26 Å². The molecule has 0 spiro atoms. The number of nitrogens with zero attached hydrogens (tertiary/aromatic N) is 4. The quantitative estimate of drug-likeness (QED) is 0.310. The van der Waals surface area contributed by atoms with Gasteiger partial charge in [-0.15, -0.1) is 11.3 Å². The van der Waals surface area contributed by atoms with Gasteiger partial charge in [0.05, 0.1) is 22.4 Å². The van der Waals surface area contributed by atoms with Crippen LogP contribution in [0.2, 0.25) is 0 Å². The first-order chi connectivity index (χ1) is 15.5. The predicted molar refractivity (Wildman–Crippen MR) is 127 cm³/mol. The summed E-state index contributed by atoms with van der Waals surface area (Å²) < 4.78 is 5.64. The van der Waals surface area contributed by atoms with Gasteiger partial charge in [0.1, 0.15) is 24.3 Å². The van der Waals surface area contributed by atoms with Crippen molar-refractivity contribution >= 4 is 45.8 Å². The summed E-state index contributed by atoms with van der Waals surface area (Å²) >= 11 is 3.48. The van der Waals surface area contributed by atoms with E-state index in [-0.39, 0.29) is 5.82 Å². The number of H-pyrrole nitrogens is 1. The number of nitrogens with one attached hydrogen (secondary N) is 2. The fourth-order valence-electron chi connectivity index (χ4n) is 3.12. The van der Waals surface area contributed by atoms with Crippen LogP contribution >= 0.6 is 33.9 Å². The van der Waals surface area contributed by atoms with E-state index >= 15 is 0 Å². The van der Waals surface area contributed by atoms with E-state index in [1.807, 2.05) is 24.3 Å². The van der Waals surface area contributed by atoms with Crippen LogP contribution in [-0.4, -0.2) is 38.5 Å². The van der Waals surface area contributed by atoms with Crippen LogP contribution in [0.4, 0.5) is 10.6 Å². The van der Waals surface area contributed by atoms with Crippen molar-refractivity contribution in [2.24, 2.45) is 0 Å². The molecule has 4 aromatic rings. The second kappa shape index (κ2) is 9.43. The number of carbonyl (C=O) groups is 1. The maximum absolute atomic E-state index is 11.6. The summed E-state index contributed by atoms with van der Waals surface area (Å²) in [5.74, 6) is 0.715. The largest absolute Gasteiger partial charge is 0.453 e. The van der Waals surface area contributed by atoms with Crippen LogP contribution in [0.5, 0.6) is 0 Å². The molecule has 1 atom stereocenters. The topological polar surface area (TPSA) is 137 Å². The van der Waals surface area contributed by atoms with Gasteiger partial charge in [0, 0.05) is 15.3 Å². The average molecular weight is 558 g/mol. The second-order valence-electron chi connectivity index (χ2n) is 6.50. The van der Waals surface area contributed by atoms with E-state index in [0.717, 1.165) is 3.57 Å². The van der Waals surface area contributed by atoms with E-state index in [4.69, 9.17) is 0 Å². The van der Waals surface area contributed by atoms with Gasteiger partial charge in [-0.05, 0) is 58.0 Å². The number of aromatic nitrogens is 4. The molecule has 9 nitrogen and oxygen atoms in total. The molecule has 0 aliphatic rings. The molecule has 1 unspecified atom stereocenters. The zero-order chi connectivity index (χ0) is 22.7. The van der Waals surface area contributed by atoms with Gasteiger partial charge in [-0.3, -0.25) is 10.4 Å². The average Bonchev–Trinajstić information content (AvgIpc) is 3.47. The van der Waals surface area contributed by atoms with Crippen molar-refractivity contribution in [2.75, 3.05) is 12.4 Å². The molecular weight excluding hydrogens is 543 g/mol. The summed E-state index contributed by atoms with van der Waals surface area (Å²) in [5, 5.41) is 30.5. The number of anilines is 1. The standard InChI is InChI=1S/C21H15IN6O3S/c1-31-21(30)27-15-8-12(6-7-24-15)18-14(9-23)16(19(32-18)20-25-10-26-28-20)17(29)11-2-4-13(22)5-3-11/h2-8,10,17,29H,1H3,(H,24,27,30)(H,25,26,28). The Morgan fingerprint density at radius 1 is 1.28 bits per heavy atom. The highest BCUT2D eigenvalue weighted by atomic mass is 127. The summed E-state index contributed by atoms with van der Waals surface area (Å²) in [6.45, 7) is 0. The first kappa shape index (κ1) is 21.9. The van der Waals surface area contributed by atoms with Gasteiger partial charge in [0.25, 0.3) is 0 Å². The normalized spacial score (nSPS) is 11.6. The second-order valence-corrected chi connectivity index (χ2v) is 8.76. The number of nitriles is 1. The molecule has 1 aromatic carbocycles. The molecule has 0 radical (unpaired) electrons. The summed E-state index contributed by atoms with van der Waals surface area (Å²) in [4.78, 5) is 21.1. The molecule has 4 rings (SSSR count). The molecule has 0 aliphatic carbocycles. The molecule has 1 amide bonds. The fraction of sp³-hybridized carbons (Fsp3) is 0.0952. The highest BCUT2D eigenvalue weighted by Crippen LogP contribution is 2.45. The minimum atomic E-state index is -1.05. The maximum atomic E-state index is 11.6. The third-order valence-electron chi connectivity index (χ3n) is 4.58. The minimum absolute atomic E-state index is 0.271. The third-order valence-corrected chi connectivity index (χ3v) is 6.56. The Balaban J connectivity index is 1.88. The SMILES string of the molecule is COC(=O)Nc1cc(-c2sc(-c3ncn[nH]3)c(C(O)c3ccc(I)cc3)c2C#N)ccn1. The van der Waals surface area contributed by atoms with Gasteiger partial charge in [-0.2, -0.15) is 10.4 Å². The third kappa shape index (κ3) is 4.33. The maximum Gasteiger partial charge on any atom is 0.412 e. The van der Waals surface area contributed by atoms with Gasteiger partial charge < -0.3 is 9.84 Å². The van der Waals surface area contributed by atoms with Crippen LogP contribution in [0.25, 0.3) is 21.1 Å². The first-order valence-corrected chi connectivity index (χ1v) is 11.1. The molecule has 11 heteroatoms. The highest BCUT2D eigenvalue weighted by Gasteiger charge is 2.28. The Bertz CT molecular complexity index is 1300. The Labute approximate surface area is 200 Å². The summed E-state index contributed by atoms with van der Waals surface area (Å²) in [6, 6.07) is 13.0. The first-order valence-electron chi connectivity index (χ1n) is 9.19. The van der Waals surface area contributed by atoms with Gasteiger partial charge in [0.15, 0.2) is 5.82 Å². The lowest BCUT2D eigenvalue weighted by molar-refractivity contribution is 0.187. The lowest BCUT2D eigenvalue weighted by atomic mass is 9.96. The zero-order valence-electron chi connectivity index (χ0n) is 16.5. The number of benzene rings is 1. The molecule has 160 valence electrons. The van der Waals surface area contributed by atoms with E-state index in [1.54, 1.807) is 12.1 Å². The van der Waals surface area contributed by atoms with E-state index < -0.39 is 12.2 Å². The number of methoxy groups -OCH3 is 1. The summed E-state index contributed by atoms with van der Waals surface area (Å²) in [5.41, 5.74) is 2.04. The van der Waals surface area contributed by atoms with E-state index in [2.05, 4.69) is 58.9 Å². The molecule has 0 saturated heterocycles. The van der Waals surface area contributed by atoms with Crippen LogP contribution in [0.1, 0.15) is 22.8 Å². The number of carbonyl (C=O) groups excluding carboxylic acids is 1. The number of thiophene rings is 1. The molecule has 3 N–H and O–H groups in total. The number of halogens is 1. The molecule has 3 heterocycles. The molecular formula is C21H15IN6O3S. The zero-order valence-corrected chi connectivity index (χ0v) is 19.5. The number of hydrogen-bond acceptors (Lipinski definition) is 8. The number of aliphatic hydroxyl groups excluding tert-OH is 1. The smallest absolute Gasteiger partial charge is 0.412 e. The van der Waals surface area contributed by atoms with Crippen molar-refractivity contribution < 1.29 is 14.6 Å². The van der Waals surface area contributed by atoms with Crippen LogP contribution in [0.3, 0.4) is 0 Å². The molecule has 0 fully saturated rings. The Kier molecular flexibility index (Phi) is 6.45. The molecule has 3 aromatic heterocycles.